The van der Waals surface area contributed by atoms with Gasteiger partial charge in [-0.05, 0) is 71.6 Å². The third kappa shape index (κ3) is 4.81. The van der Waals surface area contributed by atoms with E-state index in [4.69, 9.17) is 0 Å². The summed E-state index contributed by atoms with van der Waals surface area (Å²) in [5.41, 5.74) is 6.48. The minimum Gasteiger partial charge on any atom is -0.348 e. The van der Waals surface area contributed by atoms with E-state index in [0.29, 0.717) is 29.0 Å². The van der Waals surface area contributed by atoms with Crippen molar-refractivity contribution >= 4 is 34.9 Å². The molecule has 7 heteroatoms. The number of hydrogen-bond acceptors (Lipinski definition) is 3. The van der Waals surface area contributed by atoms with E-state index in [1.165, 1.54) is 0 Å². The van der Waals surface area contributed by atoms with Gasteiger partial charge in [-0.2, -0.15) is 0 Å². The molecular formula is C29H24N4O3. The third-order valence-corrected chi connectivity index (χ3v) is 5.98. The third-order valence-electron chi connectivity index (χ3n) is 5.98. The molecule has 1 heterocycles. The Hall–Kier alpha value is -4.91. The van der Waals surface area contributed by atoms with Gasteiger partial charge in [0.1, 0.15) is 0 Å². The van der Waals surface area contributed by atoms with Gasteiger partial charge in [-0.25, -0.2) is 4.79 Å². The molecule has 0 spiro atoms. The zero-order valence-electron chi connectivity index (χ0n) is 19.6. The van der Waals surface area contributed by atoms with Gasteiger partial charge in [0.05, 0.1) is 11.3 Å². The first-order valence-corrected chi connectivity index (χ1v) is 11.5. The number of hydrogen-bond donors (Lipinski definition) is 4. The van der Waals surface area contributed by atoms with Gasteiger partial charge in [0, 0.05) is 23.5 Å². The number of anilines is 3. The molecule has 7 nitrogen and oxygen atoms in total. The Morgan fingerprint density at radius 1 is 0.778 bits per heavy atom. The van der Waals surface area contributed by atoms with Gasteiger partial charge in [-0.1, -0.05) is 48.5 Å². The van der Waals surface area contributed by atoms with E-state index < -0.39 is 0 Å². The maximum absolute atomic E-state index is 12.7. The number of carbonyl (C=O) groups excluding carboxylic acids is 3. The van der Waals surface area contributed by atoms with Crippen LogP contribution in [0.25, 0.3) is 11.1 Å². The summed E-state index contributed by atoms with van der Waals surface area (Å²) in [4.78, 5) is 37.6. The second kappa shape index (κ2) is 9.76. The van der Waals surface area contributed by atoms with Crippen LogP contribution in [0.15, 0.2) is 91.0 Å². The molecule has 0 aliphatic carbocycles. The van der Waals surface area contributed by atoms with E-state index in [2.05, 4.69) is 21.3 Å². The normalized spacial score (nSPS) is 11.9. The minimum atomic E-state index is -0.331. The maximum atomic E-state index is 12.7. The predicted molar refractivity (Wildman–Crippen MR) is 141 cm³/mol. The molecule has 0 bridgehead atoms. The Bertz CT molecular complexity index is 1460. The number of carbonyl (C=O) groups is 3. The van der Waals surface area contributed by atoms with Crippen LogP contribution in [0.5, 0.6) is 0 Å². The second-order valence-electron chi connectivity index (χ2n) is 8.54. The average Bonchev–Trinajstić information content (AvgIpc) is 3.27. The van der Waals surface area contributed by atoms with Crippen LogP contribution in [0.2, 0.25) is 0 Å². The summed E-state index contributed by atoms with van der Waals surface area (Å²) in [5.74, 6) is -0.495. The molecule has 1 aliphatic rings. The van der Waals surface area contributed by atoms with Crippen molar-refractivity contribution in [3.8, 4) is 11.1 Å². The van der Waals surface area contributed by atoms with Crippen molar-refractivity contribution in [3.05, 3.63) is 113 Å². The van der Waals surface area contributed by atoms with Gasteiger partial charge in [-0.15, -0.1) is 0 Å². The zero-order valence-corrected chi connectivity index (χ0v) is 19.6. The van der Waals surface area contributed by atoms with Crippen molar-refractivity contribution in [2.75, 3.05) is 16.0 Å². The van der Waals surface area contributed by atoms with E-state index >= 15 is 0 Å². The van der Waals surface area contributed by atoms with Crippen LogP contribution in [0.1, 0.15) is 31.8 Å². The van der Waals surface area contributed by atoms with Gasteiger partial charge < -0.3 is 21.3 Å². The molecule has 4 aromatic carbocycles. The van der Waals surface area contributed by atoms with Crippen molar-refractivity contribution in [2.45, 2.75) is 13.5 Å². The first kappa shape index (κ1) is 22.9. The molecule has 0 saturated heterocycles. The van der Waals surface area contributed by atoms with Crippen LogP contribution in [0, 0.1) is 6.92 Å². The maximum Gasteiger partial charge on any atom is 0.323 e. The molecule has 178 valence electrons. The molecule has 0 atom stereocenters. The second-order valence-corrected chi connectivity index (χ2v) is 8.54. The standard InChI is InChI=1S/C29H24N4O3/c1-18-6-5-9-22(16-18)32-29(36)31-21-12-10-19(11-13-21)23-14-15-25(26-24(23)17-30-28(26)35)33-27(34)20-7-3-2-4-8-20/h2-16H,17H2,1H3,(H,30,35)(H,33,34)(H2,31,32,36). The Morgan fingerprint density at radius 3 is 2.28 bits per heavy atom. The molecule has 0 aromatic heterocycles. The van der Waals surface area contributed by atoms with Gasteiger partial charge in [0.2, 0.25) is 0 Å². The lowest BCUT2D eigenvalue weighted by atomic mass is 9.95. The SMILES string of the molecule is Cc1cccc(NC(=O)Nc2ccc(-c3ccc(NC(=O)c4ccccc4)c4c3CNC4=O)cc2)c1. The number of benzene rings is 4. The van der Waals surface area contributed by atoms with Crippen molar-refractivity contribution in [3.63, 3.8) is 0 Å². The number of fused-ring (bicyclic) bond motifs is 1. The number of nitrogens with one attached hydrogen (secondary N) is 4. The summed E-state index contributed by atoms with van der Waals surface area (Å²) in [6.07, 6.45) is 0. The Kier molecular flexibility index (Phi) is 6.19. The summed E-state index contributed by atoms with van der Waals surface area (Å²) >= 11 is 0. The highest BCUT2D eigenvalue weighted by Crippen LogP contribution is 2.34. The van der Waals surface area contributed by atoms with Crippen LogP contribution in [-0.2, 0) is 6.54 Å². The highest BCUT2D eigenvalue weighted by atomic mass is 16.2. The summed E-state index contributed by atoms with van der Waals surface area (Å²) in [7, 11) is 0. The predicted octanol–water partition coefficient (Wildman–Crippen LogP) is 5.80. The number of aryl methyl sites for hydroxylation is 1. The molecule has 5 rings (SSSR count). The Morgan fingerprint density at radius 2 is 1.53 bits per heavy atom. The van der Waals surface area contributed by atoms with Crippen LogP contribution >= 0.6 is 0 Å². The van der Waals surface area contributed by atoms with Crippen molar-refractivity contribution in [2.24, 2.45) is 0 Å². The lowest BCUT2D eigenvalue weighted by Crippen LogP contribution is -2.19. The summed E-state index contributed by atoms with van der Waals surface area (Å²) < 4.78 is 0. The van der Waals surface area contributed by atoms with E-state index in [0.717, 1.165) is 27.9 Å². The largest absolute Gasteiger partial charge is 0.348 e. The minimum absolute atomic E-state index is 0.221. The van der Waals surface area contributed by atoms with Crippen molar-refractivity contribution in [1.82, 2.24) is 5.32 Å². The lowest BCUT2D eigenvalue weighted by molar-refractivity contribution is 0.0966. The van der Waals surface area contributed by atoms with Crippen molar-refractivity contribution in [1.29, 1.82) is 0 Å². The number of rotatable bonds is 5. The van der Waals surface area contributed by atoms with Gasteiger partial charge in [0.25, 0.3) is 11.8 Å². The van der Waals surface area contributed by atoms with Crippen molar-refractivity contribution < 1.29 is 14.4 Å². The van der Waals surface area contributed by atoms with Crippen LogP contribution in [0.4, 0.5) is 21.9 Å². The van der Waals surface area contributed by atoms with Crippen LogP contribution in [0.3, 0.4) is 0 Å². The summed E-state index contributed by atoms with van der Waals surface area (Å²) in [6.45, 7) is 2.34. The number of amides is 4. The fraction of sp³-hybridized carbons (Fsp3) is 0.0690. The molecule has 0 radical (unpaired) electrons. The van der Waals surface area contributed by atoms with E-state index in [1.54, 1.807) is 30.3 Å². The highest BCUT2D eigenvalue weighted by Gasteiger charge is 2.27. The molecule has 4 aromatic rings. The molecule has 0 saturated carbocycles. The monoisotopic (exact) mass is 476 g/mol. The summed E-state index contributed by atoms with van der Waals surface area (Å²) in [6, 6.07) is 27.2. The molecule has 4 amide bonds. The topological polar surface area (TPSA) is 99.3 Å². The molecule has 1 aliphatic heterocycles. The van der Waals surface area contributed by atoms with Gasteiger partial charge in [0.15, 0.2) is 0 Å². The highest BCUT2D eigenvalue weighted by molar-refractivity contribution is 6.11. The van der Waals surface area contributed by atoms with Gasteiger partial charge >= 0.3 is 6.03 Å². The Labute approximate surface area is 208 Å². The lowest BCUT2D eigenvalue weighted by Gasteiger charge is -2.14. The fourth-order valence-electron chi connectivity index (χ4n) is 4.26. The van der Waals surface area contributed by atoms with E-state index in [-0.39, 0.29) is 17.8 Å². The molecule has 0 unspecified atom stereocenters. The number of urea groups is 1. The summed E-state index contributed by atoms with van der Waals surface area (Å²) in [5, 5.41) is 11.4. The van der Waals surface area contributed by atoms with Crippen LogP contribution in [-0.4, -0.2) is 17.8 Å². The molecule has 0 fully saturated rings. The first-order valence-electron chi connectivity index (χ1n) is 11.5. The molecule has 4 N–H and O–H groups in total. The Balaban J connectivity index is 1.34. The quantitative estimate of drug-likeness (QED) is 0.293. The van der Waals surface area contributed by atoms with Gasteiger partial charge in [-0.3, -0.25) is 9.59 Å². The van der Waals surface area contributed by atoms with Crippen LogP contribution < -0.4 is 21.3 Å². The molecule has 36 heavy (non-hydrogen) atoms. The zero-order chi connectivity index (χ0) is 25.1. The molecular weight excluding hydrogens is 452 g/mol. The van der Waals surface area contributed by atoms with E-state index in [1.807, 2.05) is 67.6 Å². The smallest absolute Gasteiger partial charge is 0.323 e. The first-order chi connectivity index (χ1) is 17.5. The van der Waals surface area contributed by atoms with E-state index in [9.17, 15) is 14.4 Å². The average molecular weight is 477 g/mol. The fourth-order valence-corrected chi connectivity index (χ4v) is 4.26.